The molecular weight excluding hydrogens is 264 g/mol. The lowest BCUT2D eigenvalue weighted by Crippen LogP contribution is -2.11. The molecule has 0 saturated carbocycles. The summed E-state index contributed by atoms with van der Waals surface area (Å²) in [7, 11) is 0. The van der Waals surface area contributed by atoms with E-state index in [-0.39, 0.29) is 0 Å². The minimum atomic E-state index is 0.643. The third-order valence-electron chi connectivity index (χ3n) is 3.94. The maximum Gasteiger partial charge on any atom is 0.150 e. The van der Waals surface area contributed by atoms with Crippen LogP contribution in [0.4, 0.5) is 0 Å². The smallest absolute Gasteiger partial charge is 0.150 e. The van der Waals surface area contributed by atoms with Crippen LogP contribution in [0.2, 0.25) is 0 Å². The van der Waals surface area contributed by atoms with Crippen LogP contribution >= 0.6 is 11.8 Å². The van der Waals surface area contributed by atoms with Crippen molar-refractivity contribution in [2.75, 3.05) is 5.75 Å². The molecule has 102 valence electrons. The second kappa shape index (κ2) is 6.27. The first-order chi connectivity index (χ1) is 9.86. The monoisotopic (exact) mass is 282 g/mol. The number of thioether (sulfide) groups is 1. The SMILES string of the molecule is O=Cc1cccc(SCC2CCCc3ccccc32)c1. The quantitative estimate of drug-likeness (QED) is 0.596. The first kappa shape index (κ1) is 13.4. The van der Waals surface area contributed by atoms with Gasteiger partial charge in [0.15, 0.2) is 0 Å². The van der Waals surface area contributed by atoms with Gasteiger partial charge >= 0.3 is 0 Å². The second-order valence-electron chi connectivity index (χ2n) is 5.29. The zero-order valence-electron chi connectivity index (χ0n) is 11.4. The van der Waals surface area contributed by atoms with E-state index in [4.69, 9.17) is 0 Å². The maximum atomic E-state index is 10.8. The van der Waals surface area contributed by atoms with E-state index in [1.165, 1.54) is 35.3 Å². The fraction of sp³-hybridized carbons (Fsp3) is 0.278. The number of benzene rings is 2. The molecule has 20 heavy (non-hydrogen) atoms. The lowest BCUT2D eigenvalue weighted by Gasteiger charge is -2.25. The molecule has 1 nitrogen and oxygen atoms in total. The molecule has 2 aromatic rings. The molecule has 1 atom stereocenters. The van der Waals surface area contributed by atoms with E-state index >= 15 is 0 Å². The third-order valence-corrected chi connectivity index (χ3v) is 5.10. The number of aryl methyl sites for hydroxylation is 1. The van der Waals surface area contributed by atoms with Gasteiger partial charge in [-0.2, -0.15) is 0 Å². The summed E-state index contributed by atoms with van der Waals surface area (Å²) in [6.07, 6.45) is 4.70. The zero-order chi connectivity index (χ0) is 13.8. The van der Waals surface area contributed by atoms with Crippen molar-refractivity contribution in [3.05, 3.63) is 65.2 Å². The van der Waals surface area contributed by atoms with E-state index in [0.717, 1.165) is 17.6 Å². The predicted octanol–water partition coefficient (Wildman–Crippen LogP) is 4.71. The van der Waals surface area contributed by atoms with Gasteiger partial charge in [0.2, 0.25) is 0 Å². The molecule has 0 N–H and O–H groups in total. The number of hydrogen-bond donors (Lipinski definition) is 0. The minimum Gasteiger partial charge on any atom is -0.298 e. The van der Waals surface area contributed by atoms with Crippen LogP contribution in [0.5, 0.6) is 0 Å². The van der Waals surface area contributed by atoms with Gasteiger partial charge < -0.3 is 0 Å². The van der Waals surface area contributed by atoms with E-state index in [0.29, 0.717) is 5.92 Å². The highest BCUT2D eigenvalue weighted by Crippen LogP contribution is 2.35. The topological polar surface area (TPSA) is 17.1 Å². The molecule has 0 spiro atoms. The molecule has 0 radical (unpaired) electrons. The van der Waals surface area contributed by atoms with Gasteiger partial charge in [-0.1, -0.05) is 36.4 Å². The van der Waals surface area contributed by atoms with Gasteiger partial charge in [-0.15, -0.1) is 11.8 Å². The average Bonchev–Trinajstić information content (AvgIpc) is 2.53. The molecule has 2 aromatic carbocycles. The summed E-state index contributed by atoms with van der Waals surface area (Å²) >= 11 is 1.86. The number of aldehydes is 1. The molecular formula is C18H18OS. The Labute approximate surface area is 124 Å². The van der Waals surface area contributed by atoms with E-state index in [1.54, 1.807) is 0 Å². The van der Waals surface area contributed by atoms with Gasteiger partial charge in [-0.25, -0.2) is 0 Å². The highest BCUT2D eigenvalue weighted by molar-refractivity contribution is 7.99. The second-order valence-corrected chi connectivity index (χ2v) is 6.38. The molecule has 0 bridgehead atoms. The number of fused-ring (bicyclic) bond motifs is 1. The van der Waals surface area contributed by atoms with Crippen molar-refractivity contribution in [3.63, 3.8) is 0 Å². The van der Waals surface area contributed by atoms with Crippen molar-refractivity contribution in [1.29, 1.82) is 0 Å². The number of rotatable bonds is 4. The maximum absolute atomic E-state index is 10.8. The van der Waals surface area contributed by atoms with Crippen LogP contribution in [-0.2, 0) is 6.42 Å². The Bertz CT molecular complexity index is 606. The van der Waals surface area contributed by atoms with Crippen molar-refractivity contribution in [2.24, 2.45) is 0 Å². The molecule has 2 heteroatoms. The predicted molar refractivity (Wildman–Crippen MR) is 84.7 cm³/mol. The number of carbonyl (C=O) groups is 1. The van der Waals surface area contributed by atoms with E-state index in [1.807, 2.05) is 30.0 Å². The Hall–Kier alpha value is -1.54. The Morgan fingerprint density at radius 3 is 2.95 bits per heavy atom. The molecule has 0 saturated heterocycles. The van der Waals surface area contributed by atoms with Crippen molar-refractivity contribution in [1.82, 2.24) is 0 Å². The Balaban J connectivity index is 1.71. The normalized spacial score (nSPS) is 17.5. The lowest BCUT2D eigenvalue weighted by atomic mass is 9.84. The highest BCUT2D eigenvalue weighted by atomic mass is 32.2. The van der Waals surface area contributed by atoms with Crippen LogP contribution in [0.1, 0.15) is 40.2 Å². The molecule has 1 aliphatic rings. The van der Waals surface area contributed by atoms with Crippen LogP contribution < -0.4 is 0 Å². The van der Waals surface area contributed by atoms with Crippen molar-refractivity contribution < 1.29 is 4.79 Å². The standard InChI is InChI=1S/C18H18OS/c19-12-14-5-3-9-17(11-14)20-13-16-8-4-7-15-6-1-2-10-18(15)16/h1-3,5-6,9-12,16H,4,7-8,13H2. The number of carbonyl (C=O) groups excluding carboxylic acids is 1. The summed E-state index contributed by atoms with van der Waals surface area (Å²) in [5.41, 5.74) is 3.81. The van der Waals surface area contributed by atoms with Crippen LogP contribution in [-0.4, -0.2) is 12.0 Å². The molecule has 3 rings (SSSR count). The molecule has 1 unspecified atom stereocenters. The summed E-state index contributed by atoms with van der Waals surface area (Å²) in [4.78, 5) is 12.0. The van der Waals surface area contributed by atoms with Crippen LogP contribution in [0.15, 0.2) is 53.4 Å². The van der Waals surface area contributed by atoms with Crippen LogP contribution in [0, 0.1) is 0 Å². The first-order valence-electron chi connectivity index (χ1n) is 7.12. The van der Waals surface area contributed by atoms with E-state index in [2.05, 4.69) is 30.3 Å². The van der Waals surface area contributed by atoms with E-state index in [9.17, 15) is 4.79 Å². The number of hydrogen-bond acceptors (Lipinski definition) is 2. The molecule has 1 aliphatic carbocycles. The van der Waals surface area contributed by atoms with Gasteiger partial charge in [0, 0.05) is 16.2 Å². The summed E-state index contributed by atoms with van der Waals surface area (Å²) in [6.45, 7) is 0. The summed E-state index contributed by atoms with van der Waals surface area (Å²) in [6, 6.07) is 16.7. The summed E-state index contributed by atoms with van der Waals surface area (Å²) < 4.78 is 0. The van der Waals surface area contributed by atoms with Gasteiger partial charge in [0.05, 0.1) is 0 Å². The molecule has 0 aromatic heterocycles. The first-order valence-corrected chi connectivity index (χ1v) is 8.11. The third kappa shape index (κ3) is 2.96. The fourth-order valence-corrected chi connectivity index (χ4v) is 4.04. The summed E-state index contributed by atoms with van der Waals surface area (Å²) in [5.74, 6) is 1.74. The molecule has 0 heterocycles. The minimum absolute atomic E-state index is 0.643. The summed E-state index contributed by atoms with van der Waals surface area (Å²) in [5, 5.41) is 0. The lowest BCUT2D eigenvalue weighted by molar-refractivity contribution is 0.112. The van der Waals surface area contributed by atoms with Gasteiger partial charge in [-0.05, 0) is 48.4 Å². The van der Waals surface area contributed by atoms with Gasteiger partial charge in [0.25, 0.3) is 0 Å². The Morgan fingerprint density at radius 2 is 2.05 bits per heavy atom. The molecule has 0 amide bonds. The fourth-order valence-electron chi connectivity index (χ4n) is 2.90. The Morgan fingerprint density at radius 1 is 1.15 bits per heavy atom. The van der Waals surface area contributed by atoms with Crippen LogP contribution in [0.25, 0.3) is 0 Å². The zero-order valence-corrected chi connectivity index (χ0v) is 12.2. The highest BCUT2D eigenvalue weighted by Gasteiger charge is 2.19. The molecule has 0 fully saturated rings. The average molecular weight is 282 g/mol. The van der Waals surface area contributed by atoms with E-state index < -0.39 is 0 Å². The van der Waals surface area contributed by atoms with Crippen molar-refractivity contribution >= 4 is 18.0 Å². The Kier molecular flexibility index (Phi) is 4.22. The van der Waals surface area contributed by atoms with Crippen LogP contribution in [0.3, 0.4) is 0 Å². The van der Waals surface area contributed by atoms with Gasteiger partial charge in [0.1, 0.15) is 6.29 Å². The van der Waals surface area contributed by atoms with Gasteiger partial charge in [-0.3, -0.25) is 4.79 Å². The molecule has 0 aliphatic heterocycles. The van der Waals surface area contributed by atoms with Crippen molar-refractivity contribution in [2.45, 2.75) is 30.1 Å². The largest absolute Gasteiger partial charge is 0.298 e. The van der Waals surface area contributed by atoms with Crippen molar-refractivity contribution in [3.8, 4) is 0 Å².